The van der Waals surface area contributed by atoms with E-state index in [4.69, 9.17) is 4.74 Å². The number of carbonyl (C=O) groups is 2. The number of benzene rings is 1. The number of Topliss-reactive ketones (excluding diaryl/α,β-unsaturated/α-hetero) is 1. The Morgan fingerprint density at radius 2 is 2.06 bits per heavy atom. The van der Waals surface area contributed by atoms with E-state index in [0.29, 0.717) is 5.75 Å². The van der Waals surface area contributed by atoms with Gasteiger partial charge in [-0.3, -0.25) is 9.59 Å². The summed E-state index contributed by atoms with van der Waals surface area (Å²) in [6.07, 6.45) is 4.65. The van der Waals surface area contributed by atoms with E-state index in [9.17, 15) is 9.59 Å². The topological polar surface area (TPSA) is 43.4 Å². The molecule has 3 heteroatoms. The Balaban J connectivity index is 2.83. The van der Waals surface area contributed by atoms with Gasteiger partial charge in [-0.2, -0.15) is 0 Å². The molecule has 0 N–H and O–H groups in total. The molecule has 0 saturated heterocycles. The number of rotatable bonds is 5. The molecular formula is C15H18O3. The lowest BCUT2D eigenvalue weighted by molar-refractivity contribution is -0.137. The van der Waals surface area contributed by atoms with Gasteiger partial charge in [-0.25, -0.2) is 0 Å². The lowest BCUT2D eigenvalue weighted by atomic mass is 10.0. The smallest absolute Gasteiger partial charge is 0.318 e. The minimum Gasteiger partial charge on any atom is -0.426 e. The molecule has 1 aromatic carbocycles. The Kier molecular flexibility index (Phi) is 5.31. The van der Waals surface area contributed by atoms with Gasteiger partial charge in [0, 0.05) is 0 Å². The summed E-state index contributed by atoms with van der Waals surface area (Å²) in [4.78, 5) is 22.3. The van der Waals surface area contributed by atoms with Crippen molar-refractivity contribution in [1.29, 1.82) is 0 Å². The van der Waals surface area contributed by atoms with Gasteiger partial charge in [0.05, 0.1) is 0 Å². The van der Waals surface area contributed by atoms with Crippen molar-refractivity contribution in [3.8, 4) is 5.75 Å². The highest BCUT2D eigenvalue weighted by atomic mass is 16.5. The second kappa shape index (κ2) is 6.74. The molecule has 0 radical (unpaired) electrons. The normalized spacial score (nSPS) is 10.6. The SMILES string of the molecule is C/C=C/Cc1cccc(OC(=O)CC(C)=O)c1C. The molecule has 1 aromatic rings. The van der Waals surface area contributed by atoms with Crippen molar-refractivity contribution in [2.45, 2.75) is 33.6 Å². The molecule has 0 bridgehead atoms. The summed E-state index contributed by atoms with van der Waals surface area (Å²) in [5.74, 6) is -0.167. The van der Waals surface area contributed by atoms with Crippen LogP contribution in [0.5, 0.6) is 5.75 Å². The zero-order valence-corrected chi connectivity index (χ0v) is 11.0. The second-order valence-electron chi connectivity index (χ2n) is 4.17. The predicted octanol–water partition coefficient (Wildman–Crippen LogP) is 3.00. The van der Waals surface area contributed by atoms with Crippen LogP contribution < -0.4 is 4.74 Å². The Bertz CT molecular complexity index is 473. The van der Waals surface area contributed by atoms with E-state index in [0.717, 1.165) is 17.5 Å². The summed E-state index contributed by atoms with van der Waals surface area (Å²) < 4.78 is 5.19. The summed E-state index contributed by atoms with van der Waals surface area (Å²) in [7, 11) is 0. The molecule has 3 nitrogen and oxygen atoms in total. The monoisotopic (exact) mass is 246 g/mol. The lowest BCUT2D eigenvalue weighted by Crippen LogP contribution is -2.12. The van der Waals surface area contributed by atoms with Crippen LogP contribution in [0.3, 0.4) is 0 Å². The highest BCUT2D eigenvalue weighted by Crippen LogP contribution is 2.22. The van der Waals surface area contributed by atoms with Crippen LogP contribution in [0.15, 0.2) is 30.4 Å². The van der Waals surface area contributed by atoms with Crippen molar-refractivity contribution in [3.63, 3.8) is 0 Å². The molecule has 0 heterocycles. The molecule has 0 saturated carbocycles. The number of hydrogen-bond donors (Lipinski definition) is 0. The van der Waals surface area contributed by atoms with Crippen molar-refractivity contribution >= 4 is 11.8 Å². The van der Waals surface area contributed by atoms with Gasteiger partial charge in [0.2, 0.25) is 0 Å². The first-order chi connectivity index (χ1) is 8.54. The van der Waals surface area contributed by atoms with E-state index in [1.165, 1.54) is 6.92 Å². The van der Waals surface area contributed by atoms with Crippen molar-refractivity contribution in [2.24, 2.45) is 0 Å². The van der Waals surface area contributed by atoms with E-state index in [-0.39, 0.29) is 12.2 Å². The van der Waals surface area contributed by atoms with Crippen LogP contribution in [0, 0.1) is 6.92 Å². The van der Waals surface area contributed by atoms with Crippen LogP contribution in [0.4, 0.5) is 0 Å². The maximum atomic E-state index is 11.4. The molecule has 96 valence electrons. The second-order valence-corrected chi connectivity index (χ2v) is 4.17. The van der Waals surface area contributed by atoms with Gasteiger partial charge in [-0.15, -0.1) is 0 Å². The van der Waals surface area contributed by atoms with E-state index < -0.39 is 5.97 Å². The number of ether oxygens (including phenoxy) is 1. The lowest BCUT2D eigenvalue weighted by Gasteiger charge is -2.10. The average Bonchev–Trinajstić information content (AvgIpc) is 2.29. The fourth-order valence-corrected chi connectivity index (χ4v) is 1.60. The molecule has 0 fully saturated rings. The summed E-state index contributed by atoms with van der Waals surface area (Å²) in [6.45, 7) is 5.25. The third-order valence-electron chi connectivity index (χ3n) is 2.59. The molecule has 0 aliphatic heterocycles. The minimum absolute atomic E-state index is 0.182. The standard InChI is InChI=1S/C15H18O3/c1-4-5-7-13-8-6-9-14(12(13)3)18-15(17)10-11(2)16/h4-6,8-9H,7,10H2,1-3H3/b5-4+. The van der Waals surface area contributed by atoms with Gasteiger partial charge < -0.3 is 4.74 Å². The maximum Gasteiger partial charge on any atom is 0.318 e. The Labute approximate surface area is 107 Å². The zero-order valence-electron chi connectivity index (χ0n) is 11.0. The molecule has 0 atom stereocenters. The number of carbonyl (C=O) groups excluding carboxylic acids is 2. The van der Waals surface area contributed by atoms with Crippen molar-refractivity contribution in [1.82, 2.24) is 0 Å². The largest absolute Gasteiger partial charge is 0.426 e. The van der Waals surface area contributed by atoms with Crippen molar-refractivity contribution in [3.05, 3.63) is 41.5 Å². The van der Waals surface area contributed by atoms with E-state index in [1.807, 2.05) is 38.1 Å². The minimum atomic E-state index is -0.506. The maximum absolute atomic E-state index is 11.4. The first-order valence-electron chi connectivity index (χ1n) is 5.94. The van der Waals surface area contributed by atoms with Crippen LogP contribution in [0.1, 0.15) is 31.4 Å². The van der Waals surface area contributed by atoms with Crippen LogP contribution in [0.25, 0.3) is 0 Å². The van der Waals surface area contributed by atoms with Gasteiger partial charge in [0.1, 0.15) is 18.0 Å². The Morgan fingerprint density at radius 3 is 2.67 bits per heavy atom. The number of hydrogen-bond acceptors (Lipinski definition) is 3. The number of allylic oxidation sites excluding steroid dienone is 2. The van der Waals surface area contributed by atoms with Gasteiger partial charge in [-0.05, 0) is 44.4 Å². The van der Waals surface area contributed by atoms with Gasteiger partial charge in [0.25, 0.3) is 0 Å². The zero-order chi connectivity index (χ0) is 13.5. The third kappa shape index (κ3) is 4.17. The van der Waals surface area contributed by atoms with Crippen molar-refractivity contribution < 1.29 is 14.3 Å². The van der Waals surface area contributed by atoms with E-state index in [2.05, 4.69) is 0 Å². The highest BCUT2D eigenvalue weighted by molar-refractivity contribution is 5.95. The van der Waals surface area contributed by atoms with Crippen LogP contribution in [-0.2, 0) is 16.0 Å². The summed E-state index contributed by atoms with van der Waals surface area (Å²) in [5.41, 5.74) is 2.05. The summed E-state index contributed by atoms with van der Waals surface area (Å²) >= 11 is 0. The van der Waals surface area contributed by atoms with Crippen LogP contribution in [0.2, 0.25) is 0 Å². The molecule has 0 aliphatic carbocycles. The van der Waals surface area contributed by atoms with Gasteiger partial charge in [-0.1, -0.05) is 24.3 Å². The quantitative estimate of drug-likeness (QED) is 0.347. The predicted molar refractivity (Wildman–Crippen MR) is 70.6 cm³/mol. The van der Waals surface area contributed by atoms with Gasteiger partial charge in [0.15, 0.2) is 0 Å². The number of ketones is 1. The Hall–Kier alpha value is -1.90. The first kappa shape index (κ1) is 14.2. The third-order valence-corrected chi connectivity index (χ3v) is 2.59. The molecule has 18 heavy (non-hydrogen) atoms. The fraction of sp³-hybridized carbons (Fsp3) is 0.333. The average molecular weight is 246 g/mol. The molecule has 0 unspecified atom stereocenters. The molecular weight excluding hydrogens is 228 g/mol. The molecule has 0 aliphatic rings. The fourth-order valence-electron chi connectivity index (χ4n) is 1.60. The number of esters is 1. The first-order valence-corrected chi connectivity index (χ1v) is 5.94. The van der Waals surface area contributed by atoms with E-state index >= 15 is 0 Å². The summed E-state index contributed by atoms with van der Waals surface area (Å²) in [6, 6.07) is 5.59. The van der Waals surface area contributed by atoms with Crippen LogP contribution >= 0.6 is 0 Å². The highest BCUT2D eigenvalue weighted by Gasteiger charge is 2.11. The Morgan fingerprint density at radius 1 is 1.33 bits per heavy atom. The molecule has 0 spiro atoms. The van der Waals surface area contributed by atoms with Gasteiger partial charge >= 0.3 is 5.97 Å². The van der Waals surface area contributed by atoms with Crippen molar-refractivity contribution in [2.75, 3.05) is 0 Å². The molecule has 1 rings (SSSR count). The van der Waals surface area contributed by atoms with Crippen LogP contribution in [-0.4, -0.2) is 11.8 Å². The molecule has 0 amide bonds. The molecule has 0 aromatic heterocycles. The summed E-state index contributed by atoms with van der Waals surface area (Å²) in [5, 5.41) is 0. The van der Waals surface area contributed by atoms with E-state index in [1.54, 1.807) is 6.07 Å².